The standard InChI is InChI=1S/C7H10O3.C6H8O3/c1-3-4-10-7(9)6(2)5-8;1-3-4-9-6(8)5(2)7/h3,8H,1-2,4-5H2;3,7H,1-2,4H2. The van der Waals surface area contributed by atoms with Crippen LogP contribution in [0.25, 0.3) is 0 Å². The summed E-state index contributed by atoms with van der Waals surface area (Å²) < 4.78 is 8.87. The Balaban J connectivity index is 0. The highest BCUT2D eigenvalue weighted by atomic mass is 16.5. The Labute approximate surface area is 112 Å². The lowest BCUT2D eigenvalue weighted by molar-refractivity contribution is -0.141. The van der Waals surface area contributed by atoms with Gasteiger partial charge in [-0.1, -0.05) is 31.9 Å². The van der Waals surface area contributed by atoms with E-state index in [1.807, 2.05) is 0 Å². The maximum absolute atomic E-state index is 10.6. The van der Waals surface area contributed by atoms with Gasteiger partial charge >= 0.3 is 11.9 Å². The monoisotopic (exact) mass is 270 g/mol. The second-order valence-corrected chi connectivity index (χ2v) is 2.98. The zero-order valence-electron chi connectivity index (χ0n) is 10.6. The molecule has 0 rings (SSSR count). The summed E-state index contributed by atoms with van der Waals surface area (Å²) in [5, 5.41) is 16.7. The molecule has 0 atom stereocenters. The van der Waals surface area contributed by atoms with Crippen LogP contribution in [-0.2, 0) is 19.1 Å². The molecule has 0 fully saturated rings. The fraction of sp³-hybridized carbons (Fsp3) is 0.231. The van der Waals surface area contributed by atoms with Crippen molar-refractivity contribution >= 4 is 11.9 Å². The van der Waals surface area contributed by atoms with Crippen LogP contribution in [0.5, 0.6) is 0 Å². The summed E-state index contributed by atoms with van der Waals surface area (Å²) in [4.78, 5) is 20.9. The van der Waals surface area contributed by atoms with Crippen molar-refractivity contribution in [2.75, 3.05) is 19.8 Å². The van der Waals surface area contributed by atoms with Gasteiger partial charge in [0.2, 0.25) is 0 Å². The normalized spacial score (nSPS) is 8.26. The Kier molecular flexibility index (Phi) is 12.1. The van der Waals surface area contributed by atoms with Crippen molar-refractivity contribution in [3.63, 3.8) is 0 Å². The molecular weight excluding hydrogens is 252 g/mol. The lowest BCUT2D eigenvalue weighted by atomic mass is 10.3. The molecule has 0 saturated carbocycles. The van der Waals surface area contributed by atoms with Gasteiger partial charge in [0.1, 0.15) is 13.2 Å². The Morgan fingerprint density at radius 3 is 1.74 bits per heavy atom. The SMILES string of the molecule is C=CCOC(=O)C(=C)CO.C=CCOC(=O)C(=C)O. The highest BCUT2D eigenvalue weighted by molar-refractivity contribution is 5.87. The minimum Gasteiger partial charge on any atom is -0.502 e. The molecule has 0 unspecified atom stereocenters. The maximum atomic E-state index is 10.6. The lowest BCUT2D eigenvalue weighted by Gasteiger charge is -2.00. The van der Waals surface area contributed by atoms with E-state index in [9.17, 15) is 9.59 Å². The van der Waals surface area contributed by atoms with Gasteiger partial charge in [0.15, 0.2) is 5.76 Å². The van der Waals surface area contributed by atoms with E-state index in [0.717, 1.165) is 0 Å². The van der Waals surface area contributed by atoms with E-state index in [1.165, 1.54) is 12.2 Å². The molecule has 0 amide bonds. The fourth-order valence-corrected chi connectivity index (χ4v) is 0.519. The summed E-state index contributed by atoms with van der Waals surface area (Å²) in [6.07, 6.45) is 2.85. The smallest absolute Gasteiger partial charge is 0.373 e. The van der Waals surface area contributed by atoms with Crippen LogP contribution in [-0.4, -0.2) is 42.0 Å². The molecule has 0 aromatic heterocycles. The van der Waals surface area contributed by atoms with Gasteiger partial charge in [-0.25, -0.2) is 9.59 Å². The van der Waals surface area contributed by atoms with Gasteiger partial charge in [-0.3, -0.25) is 0 Å². The molecule has 2 N–H and O–H groups in total. The van der Waals surface area contributed by atoms with Crippen LogP contribution in [0, 0.1) is 0 Å². The van der Waals surface area contributed by atoms with Gasteiger partial charge in [-0.15, -0.1) is 0 Å². The molecule has 106 valence electrons. The second-order valence-electron chi connectivity index (χ2n) is 2.98. The average Bonchev–Trinajstić information content (AvgIpc) is 2.41. The topological polar surface area (TPSA) is 93.1 Å². The third-order valence-corrected chi connectivity index (χ3v) is 1.38. The van der Waals surface area contributed by atoms with Crippen molar-refractivity contribution in [3.05, 3.63) is 49.8 Å². The molecule has 0 radical (unpaired) electrons. The highest BCUT2D eigenvalue weighted by Gasteiger charge is 2.04. The molecule has 0 aromatic rings. The fourth-order valence-electron chi connectivity index (χ4n) is 0.519. The van der Waals surface area contributed by atoms with Crippen LogP contribution in [0.15, 0.2) is 49.8 Å². The largest absolute Gasteiger partial charge is 0.502 e. The zero-order chi connectivity index (χ0) is 15.3. The first-order valence-corrected chi connectivity index (χ1v) is 5.13. The van der Waals surface area contributed by atoms with Crippen LogP contribution >= 0.6 is 0 Å². The number of carbonyl (C=O) groups excluding carboxylic acids is 2. The molecule has 0 saturated heterocycles. The van der Waals surface area contributed by atoms with Crippen LogP contribution in [0.1, 0.15) is 0 Å². The second kappa shape index (κ2) is 12.1. The van der Waals surface area contributed by atoms with E-state index >= 15 is 0 Å². The van der Waals surface area contributed by atoms with Crippen LogP contribution in [0.3, 0.4) is 0 Å². The molecular formula is C13H18O6. The molecule has 19 heavy (non-hydrogen) atoms. The molecule has 0 aromatic carbocycles. The highest BCUT2D eigenvalue weighted by Crippen LogP contribution is 1.91. The Morgan fingerprint density at radius 1 is 1.00 bits per heavy atom. The van der Waals surface area contributed by atoms with Gasteiger partial charge in [0.05, 0.1) is 12.2 Å². The third kappa shape index (κ3) is 11.9. The minimum absolute atomic E-state index is 0.0573. The summed E-state index contributed by atoms with van der Waals surface area (Å²) in [6, 6.07) is 0. The number of rotatable bonds is 7. The van der Waals surface area contributed by atoms with Crippen molar-refractivity contribution in [2.24, 2.45) is 0 Å². The number of aliphatic hydroxyl groups excluding tert-OH is 2. The number of ether oxygens (including phenoxy) is 2. The Morgan fingerprint density at radius 2 is 1.42 bits per heavy atom. The molecule has 0 bridgehead atoms. The number of hydrogen-bond donors (Lipinski definition) is 2. The predicted octanol–water partition coefficient (Wildman–Crippen LogP) is 1.05. The number of hydrogen-bond acceptors (Lipinski definition) is 6. The molecule has 0 aliphatic carbocycles. The van der Waals surface area contributed by atoms with Crippen LogP contribution in [0.4, 0.5) is 0 Å². The van der Waals surface area contributed by atoms with E-state index in [2.05, 4.69) is 35.8 Å². The summed E-state index contributed by atoms with van der Waals surface area (Å²) in [5.41, 5.74) is 0.0573. The van der Waals surface area contributed by atoms with Gasteiger partial charge < -0.3 is 19.7 Å². The third-order valence-electron chi connectivity index (χ3n) is 1.38. The first-order valence-electron chi connectivity index (χ1n) is 5.13. The summed E-state index contributed by atoms with van der Waals surface area (Å²) >= 11 is 0. The van der Waals surface area contributed by atoms with Gasteiger partial charge in [0, 0.05) is 0 Å². The van der Waals surface area contributed by atoms with Crippen molar-refractivity contribution in [2.45, 2.75) is 0 Å². The van der Waals surface area contributed by atoms with Crippen LogP contribution < -0.4 is 0 Å². The molecule has 6 heteroatoms. The van der Waals surface area contributed by atoms with E-state index in [-0.39, 0.29) is 25.4 Å². The molecule has 0 aliphatic heterocycles. The molecule has 0 spiro atoms. The minimum atomic E-state index is -0.810. The molecule has 0 heterocycles. The van der Waals surface area contributed by atoms with E-state index < -0.39 is 17.7 Å². The lowest BCUT2D eigenvalue weighted by Crippen LogP contribution is -2.09. The van der Waals surface area contributed by atoms with E-state index in [4.69, 9.17) is 10.2 Å². The maximum Gasteiger partial charge on any atom is 0.373 e. The number of aliphatic hydroxyl groups is 2. The summed E-state index contributed by atoms with van der Waals surface area (Å²) in [6.45, 7) is 12.8. The van der Waals surface area contributed by atoms with E-state index in [1.54, 1.807) is 0 Å². The van der Waals surface area contributed by atoms with Crippen LogP contribution in [0.2, 0.25) is 0 Å². The van der Waals surface area contributed by atoms with Crippen molar-refractivity contribution in [3.8, 4) is 0 Å². The number of esters is 2. The average molecular weight is 270 g/mol. The summed E-state index contributed by atoms with van der Waals surface area (Å²) in [7, 11) is 0. The van der Waals surface area contributed by atoms with Gasteiger partial charge in [0.25, 0.3) is 0 Å². The Bertz CT molecular complexity index is 356. The Hall–Kier alpha value is -2.34. The van der Waals surface area contributed by atoms with Gasteiger partial charge in [-0.2, -0.15) is 0 Å². The summed E-state index contributed by atoms with van der Waals surface area (Å²) in [5.74, 6) is -1.98. The molecule has 0 aliphatic rings. The van der Waals surface area contributed by atoms with Crippen molar-refractivity contribution in [1.82, 2.24) is 0 Å². The first kappa shape index (κ1) is 19.0. The number of carbonyl (C=O) groups is 2. The predicted molar refractivity (Wildman–Crippen MR) is 70.3 cm³/mol. The van der Waals surface area contributed by atoms with Crippen molar-refractivity contribution < 1.29 is 29.3 Å². The zero-order valence-corrected chi connectivity index (χ0v) is 10.6. The van der Waals surface area contributed by atoms with Gasteiger partial charge in [-0.05, 0) is 6.58 Å². The first-order chi connectivity index (χ1) is 8.90. The molecule has 6 nitrogen and oxygen atoms in total. The van der Waals surface area contributed by atoms with Crippen molar-refractivity contribution in [1.29, 1.82) is 0 Å². The van der Waals surface area contributed by atoms with E-state index in [0.29, 0.717) is 0 Å². The quantitative estimate of drug-likeness (QED) is 0.311.